The smallest absolute Gasteiger partial charge is 0.408 e. The highest BCUT2D eigenvalue weighted by atomic mass is 16.4. The summed E-state index contributed by atoms with van der Waals surface area (Å²) in [5.41, 5.74) is 1.37. The summed E-state index contributed by atoms with van der Waals surface area (Å²) in [7, 11) is 0. The van der Waals surface area contributed by atoms with E-state index in [2.05, 4.69) is 20.6 Å². The third kappa shape index (κ3) is 1.71. The maximum Gasteiger partial charge on any atom is 0.419 e. The standard InChI is InChI=1S/C10H9N5O2/c16-10-15(6-5-9-11-13-14-12-9)7-3-1-2-4-8(7)17-10/h1-4H,5-6H2,(H,11,12,13,14). The Morgan fingerprint density at radius 3 is 3.06 bits per heavy atom. The van der Waals surface area contributed by atoms with E-state index in [0.717, 1.165) is 5.52 Å². The molecular weight excluding hydrogens is 222 g/mol. The van der Waals surface area contributed by atoms with Crippen LogP contribution in [-0.2, 0) is 13.0 Å². The predicted molar refractivity (Wildman–Crippen MR) is 58.4 cm³/mol. The molecule has 0 atom stereocenters. The van der Waals surface area contributed by atoms with E-state index in [1.165, 1.54) is 0 Å². The number of para-hydroxylation sites is 2. The summed E-state index contributed by atoms with van der Waals surface area (Å²) in [5, 5.41) is 13.5. The number of aryl methyl sites for hydroxylation is 2. The van der Waals surface area contributed by atoms with Crippen LogP contribution < -0.4 is 5.76 Å². The monoisotopic (exact) mass is 231 g/mol. The van der Waals surface area contributed by atoms with Crippen molar-refractivity contribution in [1.82, 2.24) is 25.2 Å². The average molecular weight is 231 g/mol. The number of nitrogens with one attached hydrogen (secondary N) is 1. The zero-order valence-electron chi connectivity index (χ0n) is 8.83. The second kappa shape index (κ2) is 3.85. The van der Waals surface area contributed by atoms with Crippen molar-refractivity contribution in [1.29, 1.82) is 0 Å². The normalized spacial score (nSPS) is 11.1. The highest BCUT2D eigenvalue weighted by Gasteiger charge is 2.09. The van der Waals surface area contributed by atoms with Crippen molar-refractivity contribution < 1.29 is 4.42 Å². The van der Waals surface area contributed by atoms with E-state index >= 15 is 0 Å². The van der Waals surface area contributed by atoms with E-state index in [-0.39, 0.29) is 5.76 Å². The summed E-state index contributed by atoms with van der Waals surface area (Å²) in [6, 6.07) is 7.30. The van der Waals surface area contributed by atoms with Gasteiger partial charge in [-0.3, -0.25) is 4.57 Å². The third-order valence-electron chi connectivity index (χ3n) is 2.52. The number of rotatable bonds is 3. The molecule has 0 aliphatic rings. The van der Waals surface area contributed by atoms with Crippen LogP contribution in [0.5, 0.6) is 0 Å². The van der Waals surface area contributed by atoms with E-state index in [4.69, 9.17) is 4.42 Å². The van der Waals surface area contributed by atoms with Gasteiger partial charge in [0.1, 0.15) is 0 Å². The Morgan fingerprint density at radius 1 is 1.35 bits per heavy atom. The quantitative estimate of drug-likeness (QED) is 0.702. The van der Waals surface area contributed by atoms with Crippen LogP contribution in [0.15, 0.2) is 33.5 Å². The van der Waals surface area contributed by atoms with Gasteiger partial charge in [0.2, 0.25) is 0 Å². The maximum atomic E-state index is 11.6. The highest BCUT2D eigenvalue weighted by molar-refractivity contribution is 5.72. The predicted octanol–water partition coefficient (Wildman–Crippen LogP) is 0.350. The van der Waals surface area contributed by atoms with Gasteiger partial charge in [-0.25, -0.2) is 4.79 Å². The van der Waals surface area contributed by atoms with E-state index < -0.39 is 0 Å². The number of aromatic nitrogens is 5. The van der Waals surface area contributed by atoms with Crippen molar-refractivity contribution in [3.8, 4) is 0 Å². The maximum absolute atomic E-state index is 11.6. The summed E-state index contributed by atoms with van der Waals surface area (Å²) in [6.45, 7) is 0.468. The minimum Gasteiger partial charge on any atom is -0.408 e. The Morgan fingerprint density at radius 2 is 2.24 bits per heavy atom. The van der Waals surface area contributed by atoms with Crippen LogP contribution in [0, 0.1) is 0 Å². The Hall–Kier alpha value is -2.44. The van der Waals surface area contributed by atoms with Gasteiger partial charge in [0.25, 0.3) is 0 Å². The Labute approximate surface area is 95.1 Å². The lowest BCUT2D eigenvalue weighted by Gasteiger charge is -1.98. The molecule has 3 aromatic rings. The lowest BCUT2D eigenvalue weighted by molar-refractivity contribution is 0.503. The first-order chi connectivity index (χ1) is 8.34. The molecule has 3 rings (SSSR count). The van der Waals surface area contributed by atoms with Gasteiger partial charge in [0.15, 0.2) is 11.4 Å². The molecule has 0 aliphatic heterocycles. The number of fused-ring (bicyclic) bond motifs is 1. The van der Waals surface area contributed by atoms with Gasteiger partial charge in [0, 0.05) is 13.0 Å². The molecule has 2 heterocycles. The fourth-order valence-electron chi connectivity index (χ4n) is 1.73. The molecule has 7 nitrogen and oxygen atoms in total. The van der Waals surface area contributed by atoms with Crippen molar-refractivity contribution in [3.63, 3.8) is 0 Å². The number of oxazole rings is 1. The highest BCUT2D eigenvalue weighted by Crippen LogP contribution is 2.11. The molecule has 86 valence electrons. The number of tetrazole rings is 1. The van der Waals surface area contributed by atoms with Crippen LogP contribution in [0.25, 0.3) is 11.1 Å². The molecule has 0 spiro atoms. The Balaban J connectivity index is 1.94. The van der Waals surface area contributed by atoms with Gasteiger partial charge in [-0.15, -0.1) is 10.2 Å². The Kier molecular flexibility index (Phi) is 2.21. The number of hydrogen-bond acceptors (Lipinski definition) is 5. The molecule has 2 aromatic heterocycles. The van der Waals surface area contributed by atoms with Crippen LogP contribution in [0.2, 0.25) is 0 Å². The molecule has 0 aliphatic carbocycles. The second-order valence-corrected chi connectivity index (χ2v) is 3.57. The number of H-pyrrole nitrogens is 1. The van der Waals surface area contributed by atoms with Gasteiger partial charge in [-0.1, -0.05) is 17.3 Å². The molecule has 17 heavy (non-hydrogen) atoms. The van der Waals surface area contributed by atoms with E-state index in [0.29, 0.717) is 24.4 Å². The lowest BCUT2D eigenvalue weighted by Crippen LogP contribution is -2.15. The van der Waals surface area contributed by atoms with Crippen LogP contribution in [0.4, 0.5) is 0 Å². The molecule has 1 N–H and O–H groups in total. The molecule has 0 amide bonds. The van der Waals surface area contributed by atoms with Crippen molar-refractivity contribution in [2.24, 2.45) is 0 Å². The minimum absolute atomic E-state index is 0.366. The van der Waals surface area contributed by atoms with Crippen molar-refractivity contribution in [2.45, 2.75) is 13.0 Å². The number of benzene rings is 1. The van der Waals surface area contributed by atoms with E-state index in [9.17, 15) is 4.79 Å². The van der Waals surface area contributed by atoms with Gasteiger partial charge < -0.3 is 4.42 Å². The number of hydrogen-bond donors (Lipinski definition) is 1. The average Bonchev–Trinajstić information content (AvgIpc) is 2.93. The van der Waals surface area contributed by atoms with Crippen LogP contribution in [0.1, 0.15) is 5.82 Å². The molecule has 0 saturated carbocycles. The largest absolute Gasteiger partial charge is 0.419 e. The number of nitrogens with zero attached hydrogens (tertiary/aromatic N) is 4. The first-order valence-corrected chi connectivity index (χ1v) is 5.15. The fourth-order valence-corrected chi connectivity index (χ4v) is 1.73. The van der Waals surface area contributed by atoms with Gasteiger partial charge >= 0.3 is 5.76 Å². The van der Waals surface area contributed by atoms with E-state index in [1.807, 2.05) is 18.2 Å². The van der Waals surface area contributed by atoms with Crippen LogP contribution >= 0.6 is 0 Å². The lowest BCUT2D eigenvalue weighted by atomic mass is 10.3. The molecule has 0 bridgehead atoms. The van der Waals surface area contributed by atoms with Crippen LogP contribution in [0.3, 0.4) is 0 Å². The summed E-state index contributed by atoms with van der Waals surface area (Å²) < 4.78 is 6.67. The topological polar surface area (TPSA) is 89.6 Å². The summed E-state index contributed by atoms with van der Waals surface area (Å²) in [6.07, 6.45) is 0.528. The molecule has 0 saturated heterocycles. The van der Waals surface area contributed by atoms with Crippen molar-refractivity contribution >= 4 is 11.1 Å². The van der Waals surface area contributed by atoms with Crippen LogP contribution in [-0.4, -0.2) is 25.2 Å². The summed E-state index contributed by atoms with van der Waals surface area (Å²) in [5.74, 6) is 0.205. The molecule has 7 heteroatoms. The van der Waals surface area contributed by atoms with E-state index in [1.54, 1.807) is 10.6 Å². The van der Waals surface area contributed by atoms with Gasteiger partial charge in [0.05, 0.1) is 5.52 Å². The first kappa shape index (κ1) is 9.76. The zero-order valence-corrected chi connectivity index (χ0v) is 8.83. The minimum atomic E-state index is -0.366. The third-order valence-corrected chi connectivity index (χ3v) is 2.52. The molecule has 0 unspecified atom stereocenters. The molecule has 0 radical (unpaired) electrons. The molecule has 1 aromatic carbocycles. The van der Waals surface area contributed by atoms with Crippen molar-refractivity contribution in [3.05, 3.63) is 40.6 Å². The van der Waals surface area contributed by atoms with Gasteiger partial charge in [-0.05, 0) is 12.1 Å². The second-order valence-electron chi connectivity index (χ2n) is 3.57. The molecular formula is C10H9N5O2. The fraction of sp³-hybridized carbons (Fsp3) is 0.200. The SMILES string of the molecule is O=c1oc2ccccc2n1CCc1nn[nH]n1. The molecule has 0 fully saturated rings. The van der Waals surface area contributed by atoms with Gasteiger partial charge in [-0.2, -0.15) is 5.21 Å². The Bertz CT molecular complexity index is 682. The number of aromatic amines is 1. The zero-order chi connectivity index (χ0) is 11.7. The summed E-state index contributed by atoms with van der Waals surface area (Å²) >= 11 is 0. The van der Waals surface area contributed by atoms with Crippen molar-refractivity contribution in [2.75, 3.05) is 0 Å². The first-order valence-electron chi connectivity index (χ1n) is 5.15. The summed E-state index contributed by atoms with van der Waals surface area (Å²) in [4.78, 5) is 11.6.